The third kappa shape index (κ3) is 6.22. The molecule has 0 aliphatic carbocycles. The molecule has 1 N–H and O–H groups in total. The summed E-state index contributed by atoms with van der Waals surface area (Å²) in [5.41, 5.74) is 1.24. The fourth-order valence-electron chi connectivity index (χ4n) is 2.11. The van der Waals surface area contributed by atoms with Crippen molar-refractivity contribution in [2.75, 3.05) is 26.0 Å². The van der Waals surface area contributed by atoms with Crippen LogP contribution >= 0.6 is 12.4 Å². The topological polar surface area (TPSA) is 55.4 Å². The Morgan fingerprint density at radius 1 is 0.957 bits per heavy atom. The average molecular weight is 356 g/mol. The highest BCUT2D eigenvalue weighted by Crippen LogP contribution is 2.16. The van der Waals surface area contributed by atoms with Crippen molar-refractivity contribution in [1.82, 2.24) is 5.32 Å². The summed E-state index contributed by atoms with van der Waals surface area (Å²) in [6.07, 6.45) is 0.892. The molecule has 0 heterocycles. The zero-order valence-corrected chi connectivity index (χ0v) is 14.7. The molecule has 126 valence electrons. The van der Waals surface area contributed by atoms with Crippen molar-refractivity contribution in [3.05, 3.63) is 60.2 Å². The van der Waals surface area contributed by atoms with Gasteiger partial charge in [-0.05, 0) is 42.8 Å². The molecule has 2 aromatic carbocycles. The van der Waals surface area contributed by atoms with Crippen LogP contribution in [0.1, 0.15) is 5.56 Å². The summed E-state index contributed by atoms with van der Waals surface area (Å²) in [6, 6.07) is 16.6. The molecule has 4 nitrogen and oxygen atoms in total. The molecule has 0 spiro atoms. The number of sulfone groups is 1. The van der Waals surface area contributed by atoms with Crippen LogP contribution in [0, 0.1) is 0 Å². The minimum Gasteiger partial charge on any atom is -0.497 e. The quantitative estimate of drug-likeness (QED) is 0.740. The second-order valence-corrected chi connectivity index (χ2v) is 7.09. The normalized spacial score (nSPS) is 10.8. The van der Waals surface area contributed by atoms with Crippen LogP contribution in [-0.2, 0) is 16.3 Å². The molecule has 0 aromatic heterocycles. The third-order valence-electron chi connectivity index (χ3n) is 3.40. The fraction of sp³-hybridized carbons (Fsp3) is 0.294. The third-order valence-corrected chi connectivity index (χ3v) is 5.13. The van der Waals surface area contributed by atoms with Crippen molar-refractivity contribution < 1.29 is 13.2 Å². The zero-order valence-electron chi connectivity index (χ0n) is 13.1. The molecule has 0 fully saturated rings. The van der Waals surface area contributed by atoms with Crippen LogP contribution in [-0.4, -0.2) is 34.4 Å². The van der Waals surface area contributed by atoms with E-state index in [1.165, 1.54) is 5.56 Å². The van der Waals surface area contributed by atoms with Crippen LogP contribution < -0.4 is 10.1 Å². The van der Waals surface area contributed by atoms with E-state index in [1.54, 1.807) is 31.4 Å². The molecule has 0 saturated heterocycles. The Kier molecular flexibility index (Phi) is 8.09. The molecule has 23 heavy (non-hydrogen) atoms. The highest BCUT2D eigenvalue weighted by atomic mass is 35.5. The Morgan fingerprint density at radius 2 is 1.61 bits per heavy atom. The van der Waals surface area contributed by atoms with Crippen molar-refractivity contribution in [3.8, 4) is 5.75 Å². The molecule has 0 atom stereocenters. The zero-order chi connectivity index (χ0) is 15.8. The van der Waals surface area contributed by atoms with Crippen LogP contribution in [0.15, 0.2) is 59.5 Å². The lowest BCUT2D eigenvalue weighted by Crippen LogP contribution is -2.25. The molecule has 2 aromatic rings. The largest absolute Gasteiger partial charge is 0.497 e. The van der Waals surface area contributed by atoms with Crippen molar-refractivity contribution in [2.45, 2.75) is 11.3 Å². The van der Waals surface area contributed by atoms with Crippen LogP contribution in [0.3, 0.4) is 0 Å². The van der Waals surface area contributed by atoms with E-state index in [9.17, 15) is 8.42 Å². The number of methoxy groups -OCH3 is 1. The lowest BCUT2D eigenvalue weighted by Gasteiger charge is -2.07. The minimum absolute atomic E-state index is 0. The van der Waals surface area contributed by atoms with Gasteiger partial charge in [0, 0.05) is 6.54 Å². The van der Waals surface area contributed by atoms with Gasteiger partial charge in [-0.15, -0.1) is 12.4 Å². The maximum atomic E-state index is 12.2. The first-order valence-electron chi connectivity index (χ1n) is 7.23. The number of rotatable bonds is 8. The van der Waals surface area contributed by atoms with Crippen LogP contribution in [0.5, 0.6) is 5.75 Å². The first kappa shape index (κ1) is 19.5. The van der Waals surface area contributed by atoms with Gasteiger partial charge in [-0.1, -0.05) is 30.3 Å². The molecular weight excluding hydrogens is 334 g/mol. The van der Waals surface area contributed by atoms with E-state index < -0.39 is 9.84 Å². The number of ether oxygens (including phenoxy) is 1. The second-order valence-electron chi connectivity index (χ2n) is 4.98. The molecule has 0 aliphatic rings. The van der Waals surface area contributed by atoms with E-state index in [4.69, 9.17) is 4.74 Å². The number of hydrogen-bond acceptors (Lipinski definition) is 4. The predicted octanol–water partition coefficient (Wildman–Crippen LogP) is 2.72. The molecular formula is C17H22ClNO3S. The van der Waals surface area contributed by atoms with Gasteiger partial charge >= 0.3 is 0 Å². The van der Waals surface area contributed by atoms with E-state index in [2.05, 4.69) is 17.4 Å². The van der Waals surface area contributed by atoms with Gasteiger partial charge in [-0.25, -0.2) is 8.42 Å². The van der Waals surface area contributed by atoms with Gasteiger partial charge in [0.05, 0.1) is 17.8 Å². The summed E-state index contributed by atoms with van der Waals surface area (Å²) in [4.78, 5) is 0.332. The summed E-state index contributed by atoms with van der Waals surface area (Å²) in [6.45, 7) is 1.21. The van der Waals surface area contributed by atoms with Crippen LogP contribution in [0.25, 0.3) is 0 Å². The van der Waals surface area contributed by atoms with Crippen LogP contribution in [0.4, 0.5) is 0 Å². The molecule has 0 unspecified atom stereocenters. The van der Waals surface area contributed by atoms with Crippen molar-refractivity contribution in [3.63, 3.8) is 0 Å². The molecule has 0 radical (unpaired) electrons. The highest BCUT2D eigenvalue weighted by molar-refractivity contribution is 7.91. The maximum Gasteiger partial charge on any atom is 0.179 e. The fourth-order valence-corrected chi connectivity index (χ4v) is 3.31. The molecule has 2 rings (SSSR count). The van der Waals surface area contributed by atoms with E-state index in [0.717, 1.165) is 13.0 Å². The summed E-state index contributed by atoms with van der Waals surface area (Å²) in [7, 11) is -1.69. The predicted molar refractivity (Wildman–Crippen MR) is 95.3 cm³/mol. The summed E-state index contributed by atoms with van der Waals surface area (Å²) in [5.74, 6) is 0.744. The summed E-state index contributed by atoms with van der Waals surface area (Å²) < 4.78 is 29.4. The Balaban J connectivity index is 0.00000264. The van der Waals surface area contributed by atoms with Crippen molar-refractivity contribution in [1.29, 1.82) is 0 Å². The lowest BCUT2D eigenvalue weighted by molar-refractivity contribution is 0.414. The van der Waals surface area contributed by atoms with Gasteiger partial charge in [0.1, 0.15) is 5.75 Å². The van der Waals surface area contributed by atoms with E-state index in [-0.39, 0.29) is 18.2 Å². The smallest absolute Gasteiger partial charge is 0.179 e. The van der Waals surface area contributed by atoms with E-state index in [1.807, 2.05) is 18.2 Å². The lowest BCUT2D eigenvalue weighted by atomic mass is 10.1. The number of benzene rings is 2. The number of hydrogen-bond donors (Lipinski definition) is 1. The second kappa shape index (κ2) is 9.55. The monoisotopic (exact) mass is 355 g/mol. The van der Waals surface area contributed by atoms with E-state index >= 15 is 0 Å². The van der Waals surface area contributed by atoms with Gasteiger partial charge < -0.3 is 10.1 Å². The SMILES string of the molecule is COc1ccc(S(=O)(=O)CCNCCc2ccccc2)cc1.Cl. The van der Waals surface area contributed by atoms with Crippen LogP contribution in [0.2, 0.25) is 0 Å². The molecule has 0 aliphatic heterocycles. The minimum atomic E-state index is -3.25. The van der Waals surface area contributed by atoms with Gasteiger partial charge in [0.25, 0.3) is 0 Å². The number of halogens is 1. The Bertz CT molecular complexity index is 673. The van der Waals surface area contributed by atoms with Gasteiger partial charge in [0.2, 0.25) is 0 Å². The number of nitrogens with one attached hydrogen (secondary N) is 1. The molecule has 0 bridgehead atoms. The maximum absolute atomic E-state index is 12.2. The molecule has 0 amide bonds. The highest BCUT2D eigenvalue weighted by Gasteiger charge is 2.13. The molecule has 0 saturated carbocycles. The van der Waals surface area contributed by atoms with Crippen molar-refractivity contribution >= 4 is 22.2 Å². The average Bonchev–Trinajstić information content (AvgIpc) is 2.55. The van der Waals surface area contributed by atoms with Gasteiger partial charge in [0.15, 0.2) is 9.84 Å². The van der Waals surface area contributed by atoms with Crippen molar-refractivity contribution in [2.24, 2.45) is 0 Å². The molecule has 6 heteroatoms. The Morgan fingerprint density at radius 3 is 2.22 bits per heavy atom. The standard InChI is InChI=1S/C17H21NO3S.ClH/c1-21-16-7-9-17(10-8-16)22(19,20)14-13-18-12-11-15-5-3-2-4-6-15;/h2-10,18H,11-14H2,1H3;1H. The Labute approximate surface area is 144 Å². The van der Waals surface area contributed by atoms with Gasteiger partial charge in [-0.2, -0.15) is 0 Å². The van der Waals surface area contributed by atoms with Gasteiger partial charge in [-0.3, -0.25) is 0 Å². The summed E-state index contributed by atoms with van der Waals surface area (Å²) in [5, 5.41) is 3.18. The summed E-state index contributed by atoms with van der Waals surface area (Å²) >= 11 is 0. The van der Waals surface area contributed by atoms with E-state index in [0.29, 0.717) is 17.2 Å². The first-order chi connectivity index (χ1) is 10.6. The first-order valence-corrected chi connectivity index (χ1v) is 8.88. The Hall–Kier alpha value is -1.56.